The van der Waals surface area contributed by atoms with E-state index < -0.39 is 22.8 Å². The summed E-state index contributed by atoms with van der Waals surface area (Å²) in [6.45, 7) is 2.86. The van der Waals surface area contributed by atoms with Crippen LogP contribution in [0.2, 0.25) is 0 Å². The van der Waals surface area contributed by atoms with E-state index in [9.17, 15) is 19.7 Å². The average Bonchev–Trinajstić information content (AvgIpc) is 2.44. The van der Waals surface area contributed by atoms with Gasteiger partial charge in [0.25, 0.3) is 11.6 Å². The van der Waals surface area contributed by atoms with Gasteiger partial charge in [-0.3, -0.25) is 14.9 Å². The number of carboxylic acid groups (broad SMARTS) is 1. The molecule has 21 heavy (non-hydrogen) atoms. The molecule has 114 valence electrons. The van der Waals surface area contributed by atoms with E-state index in [1.165, 1.54) is 34.1 Å². The van der Waals surface area contributed by atoms with Crippen LogP contribution in [0.25, 0.3) is 0 Å². The number of hydrogen-bond donors (Lipinski definition) is 1. The zero-order chi connectivity index (χ0) is 16.3. The summed E-state index contributed by atoms with van der Waals surface area (Å²) < 4.78 is 5.02. The molecular formula is C13H16N2O6. The minimum atomic E-state index is -1.17. The average molecular weight is 296 g/mol. The number of carbonyl (C=O) groups excluding carboxylic acids is 1. The van der Waals surface area contributed by atoms with Crippen molar-refractivity contribution < 1.29 is 24.4 Å². The maximum Gasteiger partial charge on any atom is 0.326 e. The van der Waals surface area contributed by atoms with Crippen LogP contribution in [0.1, 0.15) is 22.8 Å². The van der Waals surface area contributed by atoms with E-state index in [4.69, 9.17) is 9.84 Å². The van der Waals surface area contributed by atoms with Gasteiger partial charge in [-0.05, 0) is 19.9 Å². The lowest BCUT2D eigenvalue weighted by molar-refractivity contribution is -0.385. The second-order valence-corrected chi connectivity index (χ2v) is 4.51. The summed E-state index contributed by atoms with van der Waals surface area (Å²) in [5, 5.41) is 19.9. The van der Waals surface area contributed by atoms with Gasteiger partial charge in [0.2, 0.25) is 0 Å². The molecule has 1 N–H and O–H groups in total. The minimum absolute atomic E-state index is 0.000231. The van der Waals surface area contributed by atoms with Crippen molar-refractivity contribution in [3.05, 3.63) is 33.4 Å². The van der Waals surface area contributed by atoms with E-state index in [0.29, 0.717) is 5.56 Å². The summed E-state index contributed by atoms with van der Waals surface area (Å²) in [6, 6.07) is 1.42. The molecule has 1 unspecified atom stereocenters. The van der Waals surface area contributed by atoms with Crippen LogP contribution in [-0.4, -0.2) is 47.0 Å². The molecule has 0 radical (unpaired) electrons. The number of amides is 1. The Morgan fingerprint density at radius 2 is 2.00 bits per heavy atom. The molecule has 0 saturated carbocycles. The fourth-order valence-corrected chi connectivity index (χ4v) is 1.74. The number of nitro benzene ring substituents is 1. The molecule has 0 aliphatic heterocycles. The predicted octanol–water partition coefficient (Wildman–Crippen LogP) is 1.46. The van der Waals surface area contributed by atoms with E-state index in [1.54, 1.807) is 0 Å². The molecule has 0 bridgehead atoms. The van der Waals surface area contributed by atoms with Crippen molar-refractivity contribution in [1.82, 2.24) is 4.90 Å². The van der Waals surface area contributed by atoms with Gasteiger partial charge in [0, 0.05) is 13.1 Å². The molecule has 0 aromatic heterocycles. The van der Waals surface area contributed by atoms with Crippen molar-refractivity contribution in [2.45, 2.75) is 19.9 Å². The third-order valence-corrected chi connectivity index (χ3v) is 3.25. The highest BCUT2D eigenvalue weighted by Crippen LogP contribution is 2.30. The zero-order valence-electron chi connectivity index (χ0n) is 12.1. The van der Waals surface area contributed by atoms with E-state index >= 15 is 0 Å². The summed E-state index contributed by atoms with van der Waals surface area (Å²) in [4.78, 5) is 34.5. The second-order valence-electron chi connectivity index (χ2n) is 4.51. The van der Waals surface area contributed by atoms with Crippen molar-refractivity contribution in [2.24, 2.45) is 0 Å². The molecule has 0 fully saturated rings. The number of likely N-dealkylation sites (N-methyl/N-ethyl adjacent to an activating group) is 1. The Balaban J connectivity index is 3.30. The molecule has 0 saturated heterocycles. The first-order valence-electron chi connectivity index (χ1n) is 6.03. The molecule has 8 heteroatoms. The molecule has 8 nitrogen and oxygen atoms in total. The minimum Gasteiger partial charge on any atom is -0.496 e. The lowest BCUT2D eigenvalue weighted by Gasteiger charge is -2.21. The van der Waals surface area contributed by atoms with Gasteiger partial charge in [-0.15, -0.1) is 0 Å². The van der Waals surface area contributed by atoms with Crippen LogP contribution >= 0.6 is 0 Å². The van der Waals surface area contributed by atoms with Gasteiger partial charge in [-0.2, -0.15) is 0 Å². The quantitative estimate of drug-likeness (QED) is 0.650. The summed E-state index contributed by atoms with van der Waals surface area (Å²) >= 11 is 0. The summed E-state index contributed by atoms with van der Waals surface area (Å²) in [5.41, 5.74) is 0.0433. The van der Waals surface area contributed by atoms with Crippen LogP contribution < -0.4 is 4.74 Å². The molecule has 1 aromatic rings. The molecule has 1 amide bonds. The lowest BCUT2D eigenvalue weighted by atomic mass is 10.1. The van der Waals surface area contributed by atoms with Gasteiger partial charge >= 0.3 is 5.97 Å². The third kappa shape index (κ3) is 3.28. The number of carboxylic acids is 1. The number of methoxy groups -OCH3 is 1. The van der Waals surface area contributed by atoms with Crippen molar-refractivity contribution in [1.29, 1.82) is 0 Å². The highest BCUT2D eigenvalue weighted by Gasteiger charge is 2.26. The van der Waals surface area contributed by atoms with Crippen molar-refractivity contribution in [2.75, 3.05) is 14.2 Å². The maximum atomic E-state index is 12.2. The highest BCUT2D eigenvalue weighted by molar-refractivity contribution is 5.97. The Morgan fingerprint density at radius 1 is 1.43 bits per heavy atom. The molecular weight excluding hydrogens is 280 g/mol. The van der Waals surface area contributed by atoms with Gasteiger partial charge in [-0.1, -0.05) is 0 Å². The number of carbonyl (C=O) groups is 2. The number of rotatable bonds is 5. The Morgan fingerprint density at radius 3 is 2.43 bits per heavy atom. The Labute approximate surface area is 121 Å². The number of nitro groups is 1. The number of ether oxygens (including phenoxy) is 1. The first-order chi connectivity index (χ1) is 9.70. The highest BCUT2D eigenvalue weighted by atomic mass is 16.6. The van der Waals surface area contributed by atoms with Crippen LogP contribution in [0.3, 0.4) is 0 Å². The Hall–Kier alpha value is -2.64. The van der Waals surface area contributed by atoms with Gasteiger partial charge in [0.15, 0.2) is 0 Å². The molecule has 0 heterocycles. The van der Waals surface area contributed by atoms with Crippen molar-refractivity contribution in [3.8, 4) is 5.75 Å². The monoisotopic (exact) mass is 296 g/mol. The van der Waals surface area contributed by atoms with Gasteiger partial charge in [0.1, 0.15) is 11.8 Å². The number of aliphatic carboxylic acids is 1. The number of benzene rings is 1. The van der Waals surface area contributed by atoms with E-state index in [-0.39, 0.29) is 17.0 Å². The number of hydrogen-bond acceptors (Lipinski definition) is 5. The first-order valence-corrected chi connectivity index (χ1v) is 6.03. The van der Waals surface area contributed by atoms with Crippen LogP contribution in [0.15, 0.2) is 12.1 Å². The predicted molar refractivity (Wildman–Crippen MR) is 73.6 cm³/mol. The van der Waals surface area contributed by atoms with Crippen molar-refractivity contribution >= 4 is 17.6 Å². The van der Waals surface area contributed by atoms with Crippen LogP contribution in [-0.2, 0) is 4.79 Å². The van der Waals surface area contributed by atoms with Crippen LogP contribution in [0, 0.1) is 17.0 Å². The SMILES string of the molecule is COc1cc(C(=O)N(C)C(C)C(=O)O)cc([N+](=O)[O-])c1C. The van der Waals surface area contributed by atoms with Gasteiger partial charge < -0.3 is 14.7 Å². The first kappa shape index (κ1) is 16.4. The normalized spacial score (nSPS) is 11.6. The molecule has 1 aromatic carbocycles. The fourth-order valence-electron chi connectivity index (χ4n) is 1.74. The molecule has 1 rings (SSSR count). The smallest absolute Gasteiger partial charge is 0.326 e. The van der Waals surface area contributed by atoms with Crippen LogP contribution in [0.4, 0.5) is 5.69 Å². The van der Waals surface area contributed by atoms with E-state index in [0.717, 1.165) is 11.0 Å². The standard InChI is InChI=1S/C13H16N2O6/c1-7-10(15(19)20)5-9(6-11(7)21-4)12(16)14(3)8(2)13(17)18/h5-6,8H,1-4H3,(H,17,18). The third-order valence-electron chi connectivity index (χ3n) is 3.25. The largest absolute Gasteiger partial charge is 0.496 e. The maximum absolute atomic E-state index is 12.2. The summed E-state index contributed by atoms with van der Waals surface area (Å²) in [6.07, 6.45) is 0. The molecule has 1 atom stereocenters. The zero-order valence-corrected chi connectivity index (χ0v) is 12.1. The van der Waals surface area contributed by atoms with Crippen LogP contribution in [0.5, 0.6) is 5.75 Å². The fraction of sp³-hybridized carbons (Fsp3) is 0.385. The summed E-state index contributed by atoms with van der Waals surface area (Å²) in [7, 11) is 2.66. The lowest BCUT2D eigenvalue weighted by Crippen LogP contribution is -2.40. The molecule has 0 spiro atoms. The number of nitrogens with zero attached hydrogens (tertiary/aromatic N) is 2. The summed E-state index contributed by atoms with van der Waals surface area (Å²) in [5.74, 6) is -1.60. The molecule has 0 aliphatic carbocycles. The topological polar surface area (TPSA) is 110 Å². The van der Waals surface area contributed by atoms with Gasteiger partial charge in [-0.25, -0.2) is 4.79 Å². The Kier molecular flexibility index (Phi) is 4.85. The Bertz CT molecular complexity index is 599. The van der Waals surface area contributed by atoms with Crippen molar-refractivity contribution in [3.63, 3.8) is 0 Å². The molecule has 0 aliphatic rings. The van der Waals surface area contributed by atoms with Gasteiger partial charge in [0.05, 0.1) is 23.2 Å². The van der Waals surface area contributed by atoms with E-state index in [1.807, 2.05) is 0 Å². The second kappa shape index (κ2) is 6.21. The van der Waals surface area contributed by atoms with E-state index in [2.05, 4.69) is 0 Å².